The Kier molecular flexibility index (Phi) is 6.64. The van der Waals surface area contributed by atoms with Gasteiger partial charge in [-0.25, -0.2) is 0 Å². The molecule has 1 atom stereocenters. The molecule has 0 radical (unpaired) electrons. The van der Waals surface area contributed by atoms with Gasteiger partial charge in [-0.05, 0) is 39.2 Å². The van der Waals surface area contributed by atoms with Gasteiger partial charge in [0.15, 0.2) is 5.96 Å². The average molecular weight is 280 g/mol. The molecule has 1 aliphatic heterocycles. The molecule has 2 fully saturated rings. The molecule has 1 saturated heterocycles. The lowest BCUT2D eigenvalue weighted by Crippen LogP contribution is -2.47. The van der Waals surface area contributed by atoms with Crippen LogP contribution in [0.2, 0.25) is 0 Å². The summed E-state index contributed by atoms with van der Waals surface area (Å²) in [6.07, 6.45) is 10.8. The zero-order valence-electron chi connectivity index (χ0n) is 13.3. The molecule has 20 heavy (non-hydrogen) atoms. The van der Waals surface area contributed by atoms with E-state index in [2.05, 4.69) is 27.4 Å². The molecule has 1 aliphatic carbocycles. The highest BCUT2D eigenvalue weighted by Crippen LogP contribution is 2.17. The van der Waals surface area contributed by atoms with E-state index in [0.29, 0.717) is 6.04 Å². The van der Waals surface area contributed by atoms with Crippen LogP contribution in [0, 0.1) is 0 Å². The Morgan fingerprint density at radius 2 is 1.85 bits per heavy atom. The minimum absolute atomic E-state index is 0.629. The predicted molar refractivity (Wildman–Crippen MR) is 86.3 cm³/mol. The van der Waals surface area contributed by atoms with Crippen LogP contribution in [-0.4, -0.2) is 49.6 Å². The first-order chi connectivity index (χ1) is 9.79. The lowest BCUT2D eigenvalue weighted by atomic mass is 9.96. The molecular formula is C16H32N4. The number of aliphatic imine (C=N–C) groups is 1. The number of nitrogens with one attached hydrogen (secondary N) is 2. The quantitative estimate of drug-likeness (QED) is 0.613. The maximum atomic E-state index is 4.36. The Labute approximate surface area is 124 Å². The lowest BCUT2D eigenvalue weighted by Gasteiger charge is -2.33. The van der Waals surface area contributed by atoms with E-state index in [9.17, 15) is 0 Å². The van der Waals surface area contributed by atoms with Crippen molar-refractivity contribution in [3.8, 4) is 0 Å². The van der Waals surface area contributed by atoms with Gasteiger partial charge in [0.1, 0.15) is 0 Å². The van der Waals surface area contributed by atoms with E-state index >= 15 is 0 Å². The van der Waals surface area contributed by atoms with Crippen molar-refractivity contribution < 1.29 is 0 Å². The average Bonchev–Trinajstić information content (AvgIpc) is 2.49. The number of guanidine groups is 1. The monoisotopic (exact) mass is 280 g/mol. The Morgan fingerprint density at radius 1 is 1.10 bits per heavy atom. The summed E-state index contributed by atoms with van der Waals surface area (Å²) in [7, 11) is 1.88. The fourth-order valence-electron chi connectivity index (χ4n) is 3.44. The number of rotatable bonds is 4. The fraction of sp³-hybridized carbons (Fsp3) is 0.938. The number of hydrogen-bond donors (Lipinski definition) is 2. The van der Waals surface area contributed by atoms with Crippen molar-refractivity contribution in [1.82, 2.24) is 15.5 Å². The van der Waals surface area contributed by atoms with Gasteiger partial charge in [0.05, 0.1) is 0 Å². The van der Waals surface area contributed by atoms with Crippen LogP contribution in [-0.2, 0) is 0 Å². The molecule has 0 amide bonds. The van der Waals surface area contributed by atoms with Crippen LogP contribution in [0.15, 0.2) is 4.99 Å². The number of hydrogen-bond acceptors (Lipinski definition) is 2. The zero-order chi connectivity index (χ0) is 14.2. The highest BCUT2D eigenvalue weighted by Gasteiger charge is 2.18. The Morgan fingerprint density at radius 3 is 2.55 bits per heavy atom. The number of likely N-dealkylation sites (tertiary alicyclic amines) is 1. The molecule has 2 aliphatic rings. The topological polar surface area (TPSA) is 39.7 Å². The second kappa shape index (κ2) is 8.50. The largest absolute Gasteiger partial charge is 0.355 e. The number of piperidine rings is 1. The van der Waals surface area contributed by atoms with Crippen LogP contribution in [0.25, 0.3) is 0 Å². The van der Waals surface area contributed by atoms with Crippen molar-refractivity contribution in [3.05, 3.63) is 0 Å². The van der Waals surface area contributed by atoms with Crippen LogP contribution in [0.1, 0.15) is 58.3 Å². The van der Waals surface area contributed by atoms with Crippen molar-refractivity contribution in [1.29, 1.82) is 0 Å². The van der Waals surface area contributed by atoms with E-state index in [1.54, 1.807) is 0 Å². The molecule has 4 nitrogen and oxygen atoms in total. The van der Waals surface area contributed by atoms with Crippen molar-refractivity contribution >= 4 is 5.96 Å². The summed E-state index contributed by atoms with van der Waals surface area (Å²) >= 11 is 0. The third-order valence-electron chi connectivity index (χ3n) is 4.80. The molecule has 2 N–H and O–H groups in total. The Balaban J connectivity index is 1.65. The summed E-state index contributed by atoms with van der Waals surface area (Å²) < 4.78 is 0. The van der Waals surface area contributed by atoms with Gasteiger partial charge in [0.2, 0.25) is 0 Å². The summed E-state index contributed by atoms with van der Waals surface area (Å²) in [5.41, 5.74) is 0. The molecule has 1 unspecified atom stereocenters. The van der Waals surface area contributed by atoms with Gasteiger partial charge in [0.25, 0.3) is 0 Å². The molecule has 0 spiro atoms. The van der Waals surface area contributed by atoms with Gasteiger partial charge < -0.3 is 10.6 Å². The molecule has 1 heterocycles. The second-order valence-electron chi connectivity index (χ2n) is 6.36. The Hall–Kier alpha value is -0.770. The van der Waals surface area contributed by atoms with Crippen LogP contribution >= 0.6 is 0 Å². The third-order valence-corrected chi connectivity index (χ3v) is 4.80. The van der Waals surface area contributed by atoms with Crippen LogP contribution in [0.4, 0.5) is 0 Å². The molecule has 116 valence electrons. The van der Waals surface area contributed by atoms with E-state index in [1.165, 1.54) is 57.9 Å². The predicted octanol–water partition coefficient (Wildman–Crippen LogP) is 2.36. The summed E-state index contributed by atoms with van der Waals surface area (Å²) in [6, 6.07) is 1.38. The van der Waals surface area contributed by atoms with Crippen molar-refractivity contribution in [3.63, 3.8) is 0 Å². The molecular weight excluding hydrogens is 248 g/mol. The van der Waals surface area contributed by atoms with Crippen LogP contribution < -0.4 is 10.6 Å². The van der Waals surface area contributed by atoms with E-state index in [0.717, 1.165) is 25.1 Å². The molecule has 0 aromatic carbocycles. The SMILES string of the molecule is CN=C(NCCN1CCCCC1C)NC1CCCCC1. The summed E-state index contributed by atoms with van der Waals surface area (Å²) in [4.78, 5) is 6.96. The second-order valence-corrected chi connectivity index (χ2v) is 6.36. The molecule has 0 aromatic heterocycles. The highest BCUT2D eigenvalue weighted by molar-refractivity contribution is 5.79. The van der Waals surface area contributed by atoms with Crippen LogP contribution in [0.5, 0.6) is 0 Å². The van der Waals surface area contributed by atoms with Gasteiger partial charge in [-0.15, -0.1) is 0 Å². The fourth-order valence-corrected chi connectivity index (χ4v) is 3.44. The summed E-state index contributed by atoms with van der Waals surface area (Å²) in [5, 5.41) is 7.06. The van der Waals surface area contributed by atoms with E-state index in [-0.39, 0.29) is 0 Å². The first-order valence-electron chi connectivity index (χ1n) is 8.51. The number of nitrogens with zero attached hydrogens (tertiary/aromatic N) is 2. The molecule has 2 rings (SSSR count). The third kappa shape index (κ3) is 4.97. The molecule has 0 aromatic rings. The van der Waals surface area contributed by atoms with Gasteiger partial charge in [-0.1, -0.05) is 25.7 Å². The molecule has 1 saturated carbocycles. The molecule has 0 bridgehead atoms. The van der Waals surface area contributed by atoms with Crippen molar-refractivity contribution in [2.75, 3.05) is 26.7 Å². The van der Waals surface area contributed by atoms with Gasteiger partial charge >= 0.3 is 0 Å². The van der Waals surface area contributed by atoms with Gasteiger partial charge in [0, 0.05) is 32.2 Å². The first-order valence-corrected chi connectivity index (χ1v) is 8.51. The standard InChI is InChI=1S/C16H32N4/c1-14-8-6-7-12-20(14)13-11-18-16(17-2)19-15-9-4-3-5-10-15/h14-15H,3-13H2,1-2H3,(H2,17,18,19). The highest BCUT2D eigenvalue weighted by atomic mass is 15.2. The maximum Gasteiger partial charge on any atom is 0.191 e. The van der Waals surface area contributed by atoms with Crippen molar-refractivity contribution in [2.24, 2.45) is 4.99 Å². The van der Waals surface area contributed by atoms with Gasteiger partial charge in [-0.2, -0.15) is 0 Å². The van der Waals surface area contributed by atoms with E-state index in [4.69, 9.17) is 0 Å². The molecule has 4 heteroatoms. The van der Waals surface area contributed by atoms with E-state index < -0.39 is 0 Å². The minimum Gasteiger partial charge on any atom is -0.355 e. The lowest BCUT2D eigenvalue weighted by molar-refractivity contribution is 0.163. The normalized spacial score (nSPS) is 26.5. The first kappa shape index (κ1) is 15.6. The smallest absolute Gasteiger partial charge is 0.191 e. The van der Waals surface area contributed by atoms with E-state index in [1.807, 2.05) is 7.05 Å². The zero-order valence-corrected chi connectivity index (χ0v) is 13.3. The summed E-state index contributed by atoms with van der Waals surface area (Å²) in [5.74, 6) is 0.988. The minimum atomic E-state index is 0.629. The van der Waals surface area contributed by atoms with Crippen molar-refractivity contribution in [2.45, 2.75) is 70.4 Å². The Bertz CT molecular complexity index is 297. The van der Waals surface area contributed by atoms with Crippen LogP contribution in [0.3, 0.4) is 0 Å². The maximum absolute atomic E-state index is 4.36. The summed E-state index contributed by atoms with van der Waals surface area (Å²) in [6.45, 7) is 5.75. The van der Waals surface area contributed by atoms with Gasteiger partial charge in [-0.3, -0.25) is 9.89 Å².